The highest BCUT2D eigenvalue weighted by atomic mass is 35.5. The number of amides is 1. The van der Waals surface area contributed by atoms with Gasteiger partial charge in [-0.1, -0.05) is 32.4 Å². The highest BCUT2D eigenvalue weighted by Crippen LogP contribution is 2.25. The summed E-state index contributed by atoms with van der Waals surface area (Å²) in [4.78, 5) is 19.9. The molecule has 0 radical (unpaired) electrons. The fourth-order valence-corrected chi connectivity index (χ4v) is 3.91. The number of likely N-dealkylation sites (tertiary alicyclic amines) is 1. The van der Waals surface area contributed by atoms with E-state index >= 15 is 0 Å². The molecule has 0 atom stereocenters. The second kappa shape index (κ2) is 9.14. The summed E-state index contributed by atoms with van der Waals surface area (Å²) in [5.74, 6) is 1.54. The molecule has 3 N–H and O–H groups in total. The smallest absolute Gasteiger partial charge is 0.255 e. The molecular weight excluding hydrogens is 374 g/mol. The molecule has 0 aliphatic carbocycles. The third-order valence-electron chi connectivity index (χ3n) is 5.66. The molecule has 7 heteroatoms. The van der Waals surface area contributed by atoms with Crippen LogP contribution in [0.3, 0.4) is 0 Å². The van der Waals surface area contributed by atoms with E-state index < -0.39 is 0 Å². The van der Waals surface area contributed by atoms with Gasteiger partial charge in [0, 0.05) is 12.7 Å². The van der Waals surface area contributed by atoms with Crippen LogP contribution in [-0.2, 0) is 6.42 Å². The zero-order valence-corrected chi connectivity index (χ0v) is 17.9. The van der Waals surface area contributed by atoms with Gasteiger partial charge in [0.05, 0.1) is 16.3 Å². The molecule has 0 aromatic carbocycles. The molecule has 0 unspecified atom stereocenters. The fraction of sp³-hybridized carbons (Fsp3) is 0.619. The fourth-order valence-electron chi connectivity index (χ4n) is 3.71. The lowest BCUT2D eigenvalue weighted by molar-refractivity contribution is 0.0936. The molecule has 3 rings (SSSR count). The monoisotopic (exact) mass is 405 g/mol. The first-order valence-corrected chi connectivity index (χ1v) is 10.7. The molecule has 6 nitrogen and oxygen atoms in total. The first-order chi connectivity index (χ1) is 13.4. The van der Waals surface area contributed by atoms with Gasteiger partial charge in [0.2, 0.25) is 0 Å². The summed E-state index contributed by atoms with van der Waals surface area (Å²) in [5.41, 5.74) is 7.99. The van der Waals surface area contributed by atoms with Crippen molar-refractivity contribution < 1.29 is 4.79 Å². The number of hydrogen-bond acceptors (Lipinski definition) is 4. The number of carbonyl (C=O) groups is 1. The molecule has 1 saturated heterocycles. The van der Waals surface area contributed by atoms with Crippen molar-refractivity contribution in [3.8, 4) is 0 Å². The van der Waals surface area contributed by atoms with E-state index in [0.29, 0.717) is 34.5 Å². The lowest BCUT2D eigenvalue weighted by Crippen LogP contribution is -2.39. The number of pyridine rings is 1. The Kier molecular flexibility index (Phi) is 6.83. The predicted molar refractivity (Wildman–Crippen MR) is 115 cm³/mol. The molecule has 28 heavy (non-hydrogen) atoms. The Hall–Kier alpha value is -1.79. The quantitative estimate of drug-likeness (QED) is 0.737. The molecule has 0 spiro atoms. The van der Waals surface area contributed by atoms with Crippen molar-refractivity contribution in [2.24, 2.45) is 11.8 Å². The number of aromatic nitrogens is 2. The Morgan fingerprint density at radius 2 is 2.11 bits per heavy atom. The van der Waals surface area contributed by atoms with E-state index in [9.17, 15) is 4.79 Å². The van der Waals surface area contributed by atoms with Gasteiger partial charge in [-0.15, -0.1) is 0 Å². The number of anilines is 1. The van der Waals surface area contributed by atoms with Crippen LogP contribution in [0.15, 0.2) is 12.3 Å². The van der Waals surface area contributed by atoms with E-state index in [1.165, 1.54) is 13.0 Å². The minimum Gasteiger partial charge on any atom is -0.384 e. The molecule has 0 bridgehead atoms. The van der Waals surface area contributed by atoms with E-state index in [-0.39, 0.29) is 5.91 Å². The number of halogens is 1. The van der Waals surface area contributed by atoms with Crippen LogP contribution in [0.1, 0.15) is 56.1 Å². The molecule has 1 aliphatic rings. The van der Waals surface area contributed by atoms with Gasteiger partial charge in [0.25, 0.3) is 5.91 Å². The Morgan fingerprint density at radius 1 is 1.39 bits per heavy atom. The van der Waals surface area contributed by atoms with Crippen LogP contribution in [0.25, 0.3) is 5.65 Å². The van der Waals surface area contributed by atoms with Crippen LogP contribution in [-0.4, -0.2) is 46.4 Å². The molecule has 1 aliphatic heterocycles. The lowest BCUT2D eigenvalue weighted by Gasteiger charge is -2.32. The highest BCUT2D eigenvalue weighted by Gasteiger charge is 2.22. The number of aryl methyl sites for hydroxylation is 1. The second-order valence-corrected chi connectivity index (χ2v) is 8.66. The maximum absolute atomic E-state index is 12.8. The van der Waals surface area contributed by atoms with Gasteiger partial charge in [-0.3, -0.25) is 9.20 Å². The van der Waals surface area contributed by atoms with Gasteiger partial charge in [-0.2, -0.15) is 0 Å². The van der Waals surface area contributed by atoms with Crippen LogP contribution in [0.4, 0.5) is 5.82 Å². The maximum atomic E-state index is 12.8. The summed E-state index contributed by atoms with van der Waals surface area (Å²) >= 11 is 6.25. The first kappa shape index (κ1) is 20.9. The average Bonchev–Trinajstić information content (AvgIpc) is 3.13. The minimum atomic E-state index is -0.137. The van der Waals surface area contributed by atoms with Gasteiger partial charge in [0.1, 0.15) is 5.82 Å². The van der Waals surface area contributed by atoms with Crippen molar-refractivity contribution in [2.45, 2.75) is 46.5 Å². The molecule has 1 fully saturated rings. The number of piperidine rings is 1. The van der Waals surface area contributed by atoms with Crippen LogP contribution >= 0.6 is 11.6 Å². The largest absolute Gasteiger partial charge is 0.384 e. The maximum Gasteiger partial charge on any atom is 0.255 e. The standard InChI is InChI=1S/C21H32ClN5O/c1-4-16-13-27-19(23)18(22)11-17(20(27)25-16)21(28)24-12-15-6-9-26(10-7-15)8-5-14(2)3/h11,13-15H,4-10,12,23H2,1-3H3,(H,24,28). The molecule has 0 saturated carbocycles. The molecule has 1 amide bonds. The second-order valence-electron chi connectivity index (χ2n) is 8.25. The first-order valence-electron chi connectivity index (χ1n) is 10.4. The topological polar surface area (TPSA) is 75.7 Å². The van der Waals surface area contributed by atoms with Gasteiger partial charge in [-0.25, -0.2) is 4.98 Å². The van der Waals surface area contributed by atoms with Crippen LogP contribution < -0.4 is 11.1 Å². The molecule has 3 heterocycles. The Labute approximate surface area is 172 Å². The lowest BCUT2D eigenvalue weighted by atomic mass is 9.96. The van der Waals surface area contributed by atoms with Crippen molar-refractivity contribution in [1.29, 1.82) is 0 Å². The number of nitrogens with zero attached hydrogens (tertiary/aromatic N) is 3. The number of carbonyl (C=O) groups excluding carboxylic acids is 1. The van der Waals surface area contributed by atoms with Gasteiger partial charge in [0.15, 0.2) is 5.65 Å². The van der Waals surface area contributed by atoms with Gasteiger partial charge >= 0.3 is 0 Å². The summed E-state index contributed by atoms with van der Waals surface area (Å²) in [7, 11) is 0. The Bertz CT molecular complexity index is 824. The summed E-state index contributed by atoms with van der Waals surface area (Å²) in [6.45, 7) is 10.7. The van der Waals surface area contributed by atoms with E-state index in [1.807, 2.05) is 13.1 Å². The summed E-state index contributed by atoms with van der Waals surface area (Å²) < 4.78 is 1.71. The van der Waals surface area contributed by atoms with Crippen LogP contribution in [0.2, 0.25) is 5.02 Å². The SMILES string of the molecule is CCc1cn2c(N)c(Cl)cc(C(=O)NCC3CCN(CCC(C)C)CC3)c2n1. The van der Waals surface area contributed by atoms with Crippen molar-refractivity contribution in [2.75, 3.05) is 31.9 Å². The van der Waals surface area contributed by atoms with Crippen LogP contribution in [0.5, 0.6) is 0 Å². The third kappa shape index (κ3) is 4.78. The number of nitrogen functional groups attached to an aromatic ring is 1. The minimum absolute atomic E-state index is 0.137. The normalized spacial score (nSPS) is 16.2. The molecular formula is C21H32ClN5O. The van der Waals surface area contributed by atoms with E-state index in [2.05, 4.69) is 29.0 Å². The number of nitrogens with two attached hydrogens (primary N) is 1. The van der Waals surface area contributed by atoms with E-state index in [4.69, 9.17) is 17.3 Å². The van der Waals surface area contributed by atoms with Crippen LogP contribution in [0, 0.1) is 11.8 Å². The zero-order valence-electron chi connectivity index (χ0n) is 17.2. The number of fused-ring (bicyclic) bond motifs is 1. The van der Waals surface area contributed by atoms with Crippen molar-refractivity contribution in [3.05, 3.63) is 28.5 Å². The molecule has 2 aromatic heterocycles. The average molecular weight is 406 g/mol. The van der Waals surface area contributed by atoms with Crippen molar-refractivity contribution >= 4 is 29.0 Å². The summed E-state index contributed by atoms with van der Waals surface area (Å²) in [6, 6.07) is 1.63. The summed E-state index contributed by atoms with van der Waals surface area (Å²) in [6.07, 6.45) is 6.12. The number of nitrogens with one attached hydrogen (secondary N) is 1. The van der Waals surface area contributed by atoms with Gasteiger partial charge < -0.3 is 16.0 Å². The Balaban J connectivity index is 1.60. The third-order valence-corrected chi connectivity index (χ3v) is 5.96. The van der Waals surface area contributed by atoms with Crippen molar-refractivity contribution in [1.82, 2.24) is 19.6 Å². The van der Waals surface area contributed by atoms with E-state index in [1.54, 1.807) is 10.5 Å². The molecule has 154 valence electrons. The predicted octanol–water partition coefficient (Wildman–Crippen LogP) is 3.62. The zero-order chi connectivity index (χ0) is 20.3. The number of hydrogen-bond donors (Lipinski definition) is 2. The number of rotatable bonds is 7. The Morgan fingerprint density at radius 3 is 2.75 bits per heavy atom. The van der Waals surface area contributed by atoms with Gasteiger partial charge in [-0.05, 0) is 63.2 Å². The highest BCUT2D eigenvalue weighted by molar-refractivity contribution is 6.33. The number of imidazole rings is 1. The summed E-state index contributed by atoms with van der Waals surface area (Å²) in [5, 5.41) is 3.46. The van der Waals surface area contributed by atoms with Crippen molar-refractivity contribution in [3.63, 3.8) is 0 Å². The molecule has 2 aromatic rings. The van der Waals surface area contributed by atoms with E-state index in [0.717, 1.165) is 44.0 Å².